The van der Waals surface area contributed by atoms with Crippen molar-refractivity contribution in [2.24, 2.45) is 0 Å². The van der Waals surface area contributed by atoms with Gasteiger partial charge in [0.2, 0.25) is 0 Å². The second kappa shape index (κ2) is 27.2. The minimum absolute atomic E-state index is 0.165. The maximum absolute atomic E-state index is 11.8. The van der Waals surface area contributed by atoms with Crippen LogP contribution in [0.4, 0.5) is 0 Å². The summed E-state index contributed by atoms with van der Waals surface area (Å²) >= 11 is 0. The van der Waals surface area contributed by atoms with Crippen LogP contribution in [0.5, 0.6) is 0 Å². The first-order valence-corrected chi connectivity index (χ1v) is 13.9. The lowest BCUT2D eigenvalue weighted by molar-refractivity contribution is -0.159. The van der Waals surface area contributed by atoms with Crippen LogP contribution < -0.4 is 0 Å². The number of carbonyl (C=O) groups is 2. The highest BCUT2D eigenvalue weighted by molar-refractivity contribution is 5.82. The molecule has 0 saturated heterocycles. The van der Waals surface area contributed by atoms with Gasteiger partial charge in [0, 0.05) is 12.5 Å². The van der Waals surface area contributed by atoms with Gasteiger partial charge in [0.25, 0.3) is 0 Å². The molecule has 0 fully saturated rings. The highest BCUT2D eigenvalue weighted by Gasteiger charge is 2.15. The third-order valence-electron chi connectivity index (χ3n) is 5.52. The molecular formula is C31H50O5. The van der Waals surface area contributed by atoms with Crippen molar-refractivity contribution in [3.05, 3.63) is 60.8 Å². The van der Waals surface area contributed by atoms with Crippen LogP contribution in [0, 0.1) is 0 Å². The third-order valence-corrected chi connectivity index (χ3v) is 5.52. The summed E-state index contributed by atoms with van der Waals surface area (Å²) in [6.07, 6.45) is 33.6. The number of hydrogen-bond acceptors (Lipinski definition) is 5. The first-order chi connectivity index (χ1) is 17.6. The molecule has 0 rings (SSSR count). The molecule has 0 aromatic heterocycles. The van der Waals surface area contributed by atoms with E-state index in [1.165, 1.54) is 51.0 Å². The quantitative estimate of drug-likeness (QED) is 0.0670. The Hall–Kier alpha value is -2.40. The second-order valence-electron chi connectivity index (χ2n) is 8.94. The molecule has 0 spiro atoms. The van der Waals surface area contributed by atoms with E-state index in [0.29, 0.717) is 6.42 Å². The number of hydrogen-bond donors (Lipinski definition) is 1. The highest BCUT2D eigenvalue weighted by atomic mass is 16.6. The summed E-state index contributed by atoms with van der Waals surface area (Å²) in [5, 5.41) is 9.35. The Morgan fingerprint density at radius 3 is 1.83 bits per heavy atom. The molecule has 0 aliphatic carbocycles. The normalized spacial score (nSPS) is 13.1. The van der Waals surface area contributed by atoms with Crippen LogP contribution >= 0.6 is 0 Å². The largest absolute Gasteiger partial charge is 0.458 e. The van der Waals surface area contributed by atoms with Crippen molar-refractivity contribution < 1.29 is 24.2 Å². The van der Waals surface area contributed by atoms with Crippen LogP contribution in [-0.4, -0.2) is 36.4 Å². The molecular weight excluding hydrogens is 452 g/mol. The molecule has 0 saturated carbocycles. The second-order valence-corrected chi connectivity index (χ2v) is 8.94. The van der Waals surface area contributed by atoms with E-state index in [9.17, 15) is 14.7 Å². The maximum Gasteiger partial charge on any atom is 0.330 e. The van der Waals surface area contributed by atoms with Crippen LogP contribution in [0.15, 0.2) is 60.8 Å². The predicted octanol–water partition coefficient (Wildman–Crippen LogP) is 7.72. The number of aliphatic hydroxyl groups is 1. The van der Waals surface area contributed by atoms with Crippen molar-refractivity contribution >= 4 is 11.9 Å². The summed E-state index contributed by atoms with van der Waals surface area (Å²) in [6, 6.07) is 0. The van der Waals surface area contributed by atoms with E-state index in [4.69, 9.17) is 9.47 Å². The number of allylic oxidation sites excluding steroid dienone is 9. The van der Waals surface area contributed by atoms with Gasteiger partial charge in [0.1, 0.15) is 6.61 Å². The van der Waals surface area contributed by atoms with Crippen molar-refractivity contribution in [3.63, 3.8) is 0 Å². The minimum atomic E-state index is -0.833. The Balaban J connectivity index is 3.91. The molecule has 1 unspecified atom stereocenters. The Kier molecular flexibility index (Phi) is 25.4. The fourth-order valence-corrected chi connectivity index (χ4v) is 3.38. The highest BCUT2D eigenvalue weighted by Crippen LogP contribution is 2.09. The maximum atomic E-state index is 11.8. The average Bonchev–Trinajstić information content (AvgIpc) is 2.88. The lowest BCUT2D eigenvalue weighted by atomic mass is 10.1. The SMILES string of the molecule is CCCCCCCCCC=CC=CC=CC=CC=CC(=O)OCC(CO)OC(=O)CCCCCCC. The van der Waals surface area contributed by atoms with Gasteiger partial charge in [-0.15, -0.1) is 0 Å². The van der Waals surface area contributed by atoms with E-state index in [-0.39, 0.29) is 19.2 Å². The number of esters is 2. The van der Waals surface area contributed by atoms with Crippen molar-refractivity contribution in [2.75, 3.05) is 13.2 Å². The topological polar surface area (TPSA) is 72.8 Å². The zero-order valence-corrected chi connectivity index (χ0v) is 22.7. The molecule has 5 heteroatoms. The van der Waals surface area contributed by atoms with Crippen LogP contribution in [0.3, 0.4) is 0 Å². The van der Waals surface area contributed by atoms with E-state index < -0.39 is 12.1 Å². The Labute approximate surface area is 220 Å². The predicted molar refractivity (Wildman–Crippen MR) is 150 cm³/mol. The van der Waals surface area contributed by atoms with Gasteiger partial charge in [-0.1, -0.05) is 133 Å². The van der Waals surface area contributed by atoms with E-state index in [1.807, 2.05) is 30.4 Å². The monoisotopic (exact) mass is 502 g/mol. The van der Waals surface area contributed by atoms with E-state index in [0.717, 1.165) is 38.5 Å². The molecule has 36 heavy (non-hydrogen) atoms. The van der Waals surface area contributed by atoms with Crippen molar-refractivity contribution in [1.29, 1.82) is 0 Å². The summed E-state index contributed by atoms with van der Waals surface area (Å²) in [6.45, 7) is 3.84. The van der Waals surface area contributed by atoms with Gasteiger partial charge in [-0.3, -0.25) is 4.79 Å². The summed E-state index contributed by atoms with van der Waals surface area (Å²) in [4.78, 5) is 23.6. The summed E-state index contributed by atoms with van der Waals surface area (Å²) in [5.41, 5.74) is 0. The Bertz CT molecular complexity index is 672. The molecule has 0 amide bonds. The Morgan fingerprint density at radius 1 is 0.694 bits per heavy atom. The minimum Gasteiger partial charge on any atom is -0.458 e. The molecule has 0 aromatic rings. The molecule has 5 nitrogen and oxygen atoms in total. The van der Waals surface area contributed by atoms with Gasteiger partial charge in [-0.2, -0.15) is 0 Å². The van der Waals surface area contributed by atoms with E-state index in [2.05, 4.69) is 26.0 Å². The molecule has 0 aliphatic rings. The standard InChI is InChI=1S/C31H50O5/c1-3-5-7-9-10-11-12-13-14-15-16-17-18-19-20-22-23-25-30(33)35-28-29(27-32)36-31(34)26-24-21-8-6-4-2/h14-20,22-23,25,29,32H,3-13,21,24,26-28H2,1-2H3. The smallest absolute Gasteiger partial charge is 0.330 e. The lowest BCUT2D eigenvalue weighted by Gasteiger charge is -2.15. The van der Waals surface area contributed by atoms with Crippen molar-refractivity contribution in [2.45, 2.75) is 110 Å². The van der Waals surface area contributed by atoms with Crippen LogP contribution in [0.25, 0.3) is 0 Å². The van der Waals surface area contributed by atoms with Crippen molar-refractivity contribution in [3.8, 4) is 0 Å². The van der Waals surface area contributed by atoms with Gasteiger partial charge in [-0.05, 0) is 19.3 Å². The summed E-state index contributed by atoms with van der Waals surface area (Å²) in [7, 11) is 0. The third kappa shape index (κ3) is 24.7. The van der Waals surface area contributed by atoms with Gasteiger partial charge < -0.3 is 14.6 Å². The lowest BCUT2D eigenvalue weighted by Crippen LogP contribution is -2.28. The number of unbranched alkanes of at least 4 members (excludes halogenated alkanes) is 11. The van der Waals surface area contributed by atoms with Crippen LogP contribution in [0.1, 0.15) is 104 Å². The van der Waals surface area contributed by atoms with Gasteiger partial charge in [0.05, 0.1) is 6.61 Å². The molecule has 0 heterocycles. The molecule has 1 N–H and O–H groups in total. The van der Waals surface area contributed by atoms with Crippen molar-refractivity contribution in [1.82, 2.24) is 0 Å². The first-order valence-electron chi connectivity index (χ1n) is 13.9. The molecule has 0 aromatic carbocycles. The Morgan fingerprint density at radius 2 is 1.22 bits per heavy atom. The molecule has 0 aliphatic heterocycles. The van der Waals surface area contributed by atoms with Gasteiger partial charge in [-0.25, -0.2) is 4.79 Å². The van der Waals surface area contributed by atoms with Crippen LogP contribution in [0.2, 0.25) is 0 Å². The average molecular weight is 503 g/mol. The summed E-state index contributed by atoms with van der Waals surface area (Å²) in [5.74, 6) is -0.923. The van der Waals surface area contributed by atoms with Gasteiger partial charge in [0.15, 0.2) is 6.10 Å². The van der Waals surface area contributed by atoms with Crippen LogP contribution in [-0.2, 0) is 19.1 Å². The van der Waals surface area contributed by atoms with E-state index in [1.54, 1.807) is 12.2 Å². The fraction of sp³-hybridized carbons (Fsp3) is 0.613. The fourth-order valence-electron chi connectivity index (χ4n) is 3.38. The molecule has 0 radical (unpaired) electrons. The number of carbonyl (C=O) groups excluding carboxylic acids is 2. The number of rotatable bonds is 23. The summed E-state index contributed by atoms with van der Waals surface area (Å²) < 4.78 is 10.2. The number of aliphatic hydroxyl groups excluding tert-OH is 1. The van der Waals surface area contributed by atoms with E-state index >= 15 is 0 Å². The first kappa shape index (κ1) is 33.6. The number of ether oxygens (including phenoxy) is 2. The molecule has 0 bridgehead atoms. The zero-order chi connectivity index (χ0) is 26.5. The zero-order valence-electron chi connectivity index (χ0n) is 22.7. The van der Waals surface area contributed by atoms with Gasteiger partial charge >= 0.3 is 11.9 Å². The molecule has 204 valence electrons. The molecule has 1 atom stereocenters.